The van der Waals surface area contributed by atoms with Crippen LogP contribution in [0, 0.1) is 0 Å². The van der Waals surface area contributed by atoms with Gasteiger partial charge in [-0.2, -0.15) is 21.6 Å². The fourth-order valence-corrected chi connectivity index (χ4v) is 5.97. The molecule has 0 radical (unpaired) electrons. The molecule has 0 spiro atoms. The van der Waals surface area contributed by atoms with E-state index < -0.39 is 21.5 Å². The fraction of sp³-hybridized carbons (Fsp3) is 0.333. The molecule has 0 amide bonds. The normalized spacial score (nSPS) is 14.1. The van der Waals surface area contributed by atoms with Crippen LogP contribution in [-0.4, -0.2) is 36.1 Å². The van der Waals surface area contributed by atoms with Crippen molar-refractivity contribution in [1.82, 2.24) is 9.55 Å². The number of carbonyl (C=O) groups excluding carboxylic acids is 1. The van der Waals surface area contributed by atoms with Crippen molar-refractivity contribution >= 4 is 48.6 Å². The van der Waals surface area contributed by atoms with Crippen LogP contribution in [0.5, 0.6) is 0 Å². The average Bonchev–Trinajstić information content (AvgIpc) is 3.60. The minimum Gasteiger partial charge on any atom is -0.461 e. The van der Waals surface area contributed by atoms with Crippen molar-refractivity contribution in [2.45, 2.75) is 51.1 Å². The molecule has 1 saturated carbocycles. The van der Waals surface area contributed by atoms with Gasteiger partial charge in [-0.25, -0.2) is 9.78 Å². The zero-order chi connectivity index (χ0) is 28.8. The second kappa shape index (κ2) is 10.6. The summed E-state index contributed by atoms with van der Waals surface area (Å²) in [6.45, 7) is 4.18. The number of benzene rings is 2. The number of aryl methyl sites for hydroxylation is 1. The number of nitrogens with one attached hydrogen (secondary N) is 1. The highest BCUT2D eigenvalue weighted by Gasteiger charge is 2.46. The molecule has 0 unspecified atom stereocenters. The zero-order valence-electron chi connectivity index (χ0n) is 21.5. The highest BCUT2D eigenvalue weighted by Crippen LogP contribution is 2.44. The van der Waals surface area contributed by atoms with Crippen LogP contribution in [0.2, 0.25) is 0 Å². The summed E-state index contributed by atoms with van der Waals surface area (Å²) in [5.41, 5.74) is -3.33. The number of aromatic nitrogens is 2. The lowest BCUT2D eigenvalue weighted by atomic mass is 10.1. The molecule has 1 aliphatic rings. The molecule has 0 aliphatic heterocycles. The molecule has 1 N–H and O–H groups in total. The van der Waals surface area contributed by atoms with E-state index in [-0.39, 0.29) is 36.1 Å². The first-order chi connectivity index (χ1) is 19.0. The molecule has 1 fully saturated rings. The Labute approximate surface area is 236 Å². The number of nitrogens with zero attached hydrogens (tertiary/aromatic N) is 2. The number of esters is 1. The molecule has 212 valence electrons. The number of rotatable bonds is 9. The fourth-order valence-electron chi connectivity index (χ4n) is 4.64. The van der Waals surface area contributed by atoms with Crippen LogP contribution >= 0.6 is 15.9 Å². The molecule has 2 heterocycles. The van der Waals surface area contributed by atoms with E-state index in [1.807, 2.05) is 17.6 Å². The molecule has 0 atom stereocenters. The molecular weight excluding hydrogens is 620 g/mol. The molecule has 0 bridgehead atoms. The van der Waals surface area contributed by atoms with Crippen LogP contribution < -0.4 is 4.72 Å². The number of alkyl halides is 3. The minimum atomic E-state index is -5.66. The highest BCUT2D eigenvalue weighted by molar-refractivity contribution is 9.10. The first-order valence-corrected chi connectivity index (χ1v) is 14.9. The third-order valence-corrected chi connectivity index (χ3v) is 8.47. The van der Waals surface area contributed by atoms with Gasteiger partial charge >= 0.3 is 21.5 Å². The summed E-state index contributed by atoms with van der Waals surface area (Å²) in [5, 5.41) is 0.629. The van der Waals surface area contributed by atoms with Gasteiger partial charge in [0.15, 0.2) is 11.5 Å². The Morgan fingerprint density at radius 2 is 1.90 bits per heavy atom. The van der Waals surface area contributed by atoms with E-state index >= 15 is 0 Å². The Morgan fingerprint density at radius 3 is 2.55 bits per heavy atom. The van der Waals surface area contributed by atoms with Crippen molar-refractivity contribution in [3.8, 4) is 11.3 Å². The van der Waals surface area contributed by atoms with Gasteiger partial charge in [-0.1, -0.05) is 31.2 Å². The van der Waals surface area contributed by atoms with Gasteiger partial charge in [-0.15, -0.1) is 0 Å². The lowest BCUT2D eigenvalue weighted by molar-refractivity contribution is -0.0429. The average molecular weight is 645 g/mol. The van der Waals surface area contributed by atoms with E-state index in [9.17, 15) is 26.4 Å². The largest absolute Gasteiger partial charge is 0.516 e. The summed E-state index contributed by atoms with van der Waals surface area (Å²) in [5.74, 6) is 0.648. The SMILES string of the molecule is CCOC(=O)c1c(C2CC2)[15n][13c]([13CH2][13CH3])[15n]1Cc1cccc2oc(-c3ccccc3NS(=O)(=O)C(F)(F)F)c(Br)c12. The molecule has 1 aliphatic carbocycles. The number of ether oxygens (including phenoxy) is 1. The number of sulfonamides is 1. The third kappa shape index (κ3) is 5.12. The summed E-state index contributed by atoms with van der Waals surface area (Å²) in [6, 6.07) is 11.0. The van der Waals surface area contributed by atoms with Gasteiger partial charge < -0.3 is 13.7 Å². The third-order valence-electron chi connectivity index (χ3n) is 6.62. The Kier molecular flexibility index (Phi) is 7.47. The van der Waals surface area contributed by atoms with E-state index in [1.54, 1.807) is 29.8 Å². The number of hydrogen-bond donors (Lipinski definition) is 1. The first-order valence-electron chi connectivity index (χ1n) is 12.6. The maximum atomic E-state index is 13.1. The maximum Gasteiger partial charge on any atom is 0.516 e. The summed E-state index contributed by atoms with van der Waals surface area (Å²) in [4.78, 5) is 17.8. The molecule has 13 heteroatoms. The molecule has 5 rings (SSSR count). The van der Waals surface area contributed by atoms with Crippen LogP contribution in [0.25, 0.3) is 22.3 Å². The second-order valence-electron chi connectivity index (χ2n) is 9.33. The predicted molar refractivity (Wildman–Crippen MR) is 147 cm³/mol. The number of hydrogen-bond acceptors (Lipinski definition) is 6. The number of anilines is 1. The Balaban J connectivity index is 1.62. The van der Waals surface area contributed by atoms with Crippen molar-refractivity contribution in [1.29, 1.82) is 0 Å². The summed E-state index contributed by atoms with van der Waals surface area (Å²) >= 11 is 3.54. The van der Waals surface area contributed by atoms with Gasteiger partial charge in [0.25, 0.3) is 0 Å². The van der Waals surface area contributed by atoms with Gasteiger partial charge in [-0.05, 0) is 59.5 Å². The molecule has 8 nitrogen and oxygen atoms in total. The van der Waals surface area contributed by atoms with Gasteiger partial charge in [0.2, 0.25) is 0 Å². The lowest BCUT2D eigenvalue weighted by Crippen LogP contribution is -2.30. The van der Waals surface area contributed by atoms with Gasteiger partial charge in [-0.3, -0.25) is 4.72 Å². The van der Waals surface area contributed by atoms with Crippen LogP contribution in [0.3, 0.4) is 0 Å². The number of para-hydroxylation sites is 1. The smallest absolute Gasteiger partial charge is 0.461 e. The van der Waals surface area contributed by atoms with Gasteiger partial charge in [0.05, 0.1) is 29.0 Å². The van der Waals surface area contributed by atoms with Crippen molar-refractivity contribution in [2.24, 2.45) is 0 Å². The van der Waals surface area contributed by atoms with Gasteiger partial charge in [0, 0.05) is 23.3 Å². The monoisotopic (exact) mass is 644 g/mol. The second-order valence-corrected chi connectivity index (χ2v) is 11.8. The van der Waals surface area contributed by atoms with Gasteiger partial charge in [0.1, 0.15) is 11.4 Å². The van der Waals surface area contributed by atoms with Crippen molar-refractivity contribution in [2.75, 3.05) is 11.3 Å². The summed E-state index contributed by atoms with van der Waals surface area (Å²) < 4.78 is 78.3. The number of halogens is 4. The van der Waals surface area contributed by atoms with Crippen LogP contribution in [0.1, 0.15) is 60.2 Å². The quantitative estimate of drug-likeness (QED) is 0.156. The Morgan fingerprint density at radius 1 is 1.18 bits per heavy atom. The Bertz CT molecular complexity index is 1710. The molecule has 4 aromatic rings. The minimum absolute atomic E-state index is 0.115. The number of fused-ring (bicyclic) bond motifs is 1. The lowest BCUT2D eigenvalue weighted by Gasteiger charge is -2.13. The number of carbonyl (C=O) groups is 1. The van der Waals surface area contributed by atoms with E-state index in [1.165, 1.54) is 18.2 Å². The zero-order valence-corrected chi connectivity index (χ0v) is 23.9. The van der Waals surface area contributed by atoms with Crippen LogP contribution in [-0.2, 0) is 27.7 Å². The van der Waals surface area contributed by atoms with E-state index in [2.05, 4.69) is 15.9 Å². The van der Waals surface area contributed by atoms with E-state index in [0.717, 1.165) is 29.9 Å². The number of furan rings is 1. The van der Waals surface area contributed by atoms with E-state index in [4.69, 9.17) is 14.1 Å². The topological polar surface area (TPSA) is 103 Å². The first kappa shape index (κ1) is 28.2. The van der Waals surface area contributed by atoms with Crippen LogP contribution in [0.15, 0.2) is 51.4 Å². The van der Waals surface area contributed by atoms with Crippen molar-refractivity contribution in [3.63, 3.8) is 0 Å². The standard InChI is InChI=1S/C27H25BrF3N3O5S/c1-3-20-32-23(15-12-13-15)24(26(35)38-4-2)34(20)14-16-8-7-11-19-21(16)22(28)25(39-19)17-9-5-6-10-18(17)33-40(36,37)27(29,30)31/h5-11,15,33H,3-4,12-14H2,1-2H3/i1+1,3+1,20+1,32+1,34+1. The molecule has 2 aromatic carbocycles. The van der Waals surface area contributed by atoms with Crippen molar-refractivity contribution < 1.29 is 35.5 Å². The van der Waals surface area contributed by atoms with Crippen molar-refractivity contribution in [3.05, 3.63) is 69.7 Å². The molecule has 2 aromatic heterocycles. The summed E-state index contributed by atoms with van der Waals surface area (Å²) in [6.07, 6.45) is 2.49. The maximum absolute atomic E-state index is 13.1. The predicted octanol–water partition coefficient (Wildman–Crippen LogP) is 6.99. The highest BCUT2D eigenvalue weighted by atomic mass is 79.9. The molecule has 0 saturated heterocycles. The number of imidazole rings is 1. The molecule has 40 heavy (non-hydrogen) atoms. The summed E-state index contributed by atoms with van der Waals surface area (Å²) in [7, 11) is -5.66. The Hall–Kier alpha value is -3.32. The van der Waals surface area contributed by atoms with E-state index in [0.29, 0.717) is 27.6 Å². The van der Waals surface area contributed by atoms with Crippen LogP contribution in [0.4, 0.5) is 18.9 Å². The molecular formula is C27H25BrF3N3O5S.